The zero-order valence-electron chi connectivity index (χ0n) is 8.79. The molecule has 0 aliphatic carbocycles. The predicted molar refractivity (Wildman–Crippen MR) is 64.9 cm³/mol. The number of aromatic amines is 1. The summed E-state index contributed by atoms with van der Waals surface area (Å²) in [5, 5.41) is 5.42. The van der Waals surface area contributed by atoms with Crippen molar-refractivity contribution in [1.82, 2.24) is 10.3 Å². The van der Waals surface area contributed by atoms with E-state index >= 15 is 0 Å². The molecule has 1 atom stereocenters. The number of rotatable bonds is 1. The Balaban J connectivity index is 2.03. The number of ether oxygens (including phenoxy) is 1. The SMILES string of the molecule is Clc1ccc2c(C3COCCN3)c[nH]c2c1. The number of hydrogen-bond acceptors (Lipinski definition) is 2. The summed E-state index contributed by atoms with van der Waals surface area (Å²) in [5.41, 5.74) is 2.33. The van der Waals surface area contributed by atoms with Gasteiger partial charge in [-0.1, -0.05) is 17.7 Å². The van der Waals surface area contributed by atoms with Crippen LogP contribution in [0.3, 0.4) is 0 Å². The quantitative estimate of drug-likeness (QED) is 0.798. The van der Waals surface area contributed by atoms with E-state index in [0.717, 1.165) is 30.3 Å². The number of halogens is 1. The van der Waals surface area contributed by atoms with Crippen LogP contribution in [-0.4, -0.2) is 24.7 Å². The summed E-state index contributed by atoms with van der Waals surface area (Å²) in [5.74, 6) is 0. The average molecular weight is 237 g/mol. The highest BCUT2D eigenvalue weighted by molar-refractivity contribution is 6.31. The molecule has 0 radical (unpaired) electrons. The van der Waals surface area contributed by atoms with Crippen molar-refractivity contribution >= 4 is 22.5 Å². The van der Waals surface area contributed by atoms with Crippen LogP contribution in [0.5, 0.6) is 0 Å². The molecule has 3 nitrogen and oxygen atoms in total. The molecule has 1 aromatic carbocycles. The van der Waals surface area contributed by atoms with Gasteiger partial charge in [-0.25, -0.2) is 0 Å². The van der Waals surface area contributed by atoms with Crippen LogP contribution < -0.4 is 5.32 Å². The lowest BCUT2D eigenvalue weighted by Crippen LogP contribution is -2.34. The van der Waals surface area contributed by atoms with Crippen molar-refractivity contribution in [2.24, 2.45) is 0 Å². The molecule has 1 saturated heterocycles. The Kier molecular flexibility index (Phi) is 2.59. The van der Waals surface area contributed by atoms with Crippen molar-refractivity contribution in [3.8, 4) is 0 Å². The highest BCUT2D eigenvalue weighted by Gasteiger charge is 2.18. The standard InChI is InChI=1S/C12H13ClN2O/c13-8-1-2-9-10(6-15-11(9)5-8)12-7-16-4-3-14-12/h1-2,5-6,12,14-15H,3-4,7H2. The lowest BCUT2D eigenvalue weighted by atomic mass is 10.1. The Morgan fingerprint density at radius 3 is 3.12 bits per heavy atom. The van der Waals surface area contributed by atoms with Gasteiger partial charge in [0.05, 0.1) is 19.3 Å². The molecule has 4 heteroatoms. The fraction of sp³-hybridized carbons (Fsp3) is 0.333. The minimum absolute atomic E-state index is 0.281. The summed E-state index contributed by atoms with van der Waals surface area (Å²) in [6, 6.07) is 6.21. The molecule has 1 unspecified atom stereocenters. The fourth-order valence-corrected chi connectivity index (χ4v) is 2.35. The van der Waals surface area contributed by atoms with Crippen molar-refractivity contribution in [3.05, 3.63) is 35.0 Å². The third kappa shape index (κ3) is 1.71. The maximum absolute atomic E-state index is 5.95. The summed E-state index contributed by atoms with van der Waals surface area (Å²) in [6.45, 7) is 2.44. The number of benzene rings is 1. The summed E-state index contributed by atoms with van der Waals surface area (Å²) >= 11 is 5.95. The molecule has 1 aliphatic rings. The van der Waals surface area contributed by atoms with Gasteiger partial charge in [0.15, 0.2) is 0 Å². The Bertz CT molecular complexity index is 503. The summed E-state index contributed by atoms with van der Waals surface area (Å²) in [7, 11) is 0. The lowest BCUT2D eigenvalue weighted by molar-refractivity contribution is 0.0773. The van der Waals surface area contributed by atoms with Gasteiger partial charge in [0.1, 0.15) is 0 Å². The number of H-pyrrole nitrogens is 1. The van der Waals surface area contributed by atoms with Gasteiger partial charge in [0, 0.05) is 28.7 Å². The van der Waals surface area contributed by atoms with E-state index in [2.05, 4.69) is 16.4 Å². The van der Waals surface area contributed by atoms with Crippen LogP contribution in [0.2, 0.25) is 5.02 Å². The van der Waals surface area contributed by atoms with Gasteiger partial charge in [0.25, 0.3) is 0 Å². The third-order valence-electron chi connectivity index (χ3n) is 2.97. The van der Waals surface area contributed by atoms with E-state index in [9.17, 15) is 0 Å². The van der Waals surface area contributed by atoms with E-state index in [-0.39, 0.29) is 6.04 Å². The first-order chi connectivity index (χ1) is 7.84. The van der Waals surface area contributed by atoms with Gasteiger partial charge < -0.3 is 15.0 Å². The van der Waals surface area contributed by atoms with Crippen LogP contribution in [0.1, 0.15) is 11.6 Å². The van der Waals surface area contributed by atoms with Crippen LogP contribution in [-0.2, 0) is 4.74 Å². The molecule has 2 N–H and O–H groups in total. The van der Waals surface area contributed by atoms with E-state index in [1.54, 1.807) is 0 Å². The molecule has 3 rings (SSSR count). The van der Waals surface area contributed by atoms with E-state index in [0.29, 0.717) is 0 Å². The maximum atomic E-state index is 5.95. The molecule has 0 amide bonds. The molecular formula is C12H13ClN2O. The molecular weight excluding hydrogens is 224 g/mol. The Morgan fingerprint density at radius 1 is 1.38 bits per heavy atom. The Morgan fingerprint density at radius 2 is 2.31 bits per heavy atom. The number of aromatic nitrogens is 1. The van der Waals surface area contributed by atoms with Gasteiger partial charge in [-0.3, -0.25) is 0 Å². The number of morpholine rings is 1. The predicted octanol–water partition coefficient (Wildman–Crippen LogP) is 2.48. The minimum atomic E-state index is 0.281. The van der Waals surface area contributed by atoms with Crippen LogP contribution in [0.25, 0.3) is 10.9 Å². The molecule has 0 bridgehead atoms. The zero-order chi connectivity index (χ0) is 11.0. The van der Waals surface area contributed by atoms with Crippen LogP contribution in [0.4, 0.5) is 0 Å². The molecule has 1 aliphatic heterocycles. The first-order valence-electron chi connectivity index (χ1n) is 5.42. The Labute approximate surface area is 98.7 Å². The molecule has 0 spiro atoms. The van der Waals surface area contributed by atoms with Crippen molar-refractivity contribution < 1.29 is 4.74 Å². The maximum Gasteiger partial charge on any atom is 0.0662 e. The normalized spacial score (nSPS) is 21.4. The smallest absolute Gasteiger partial charge is 0.0662 e. The van der Waals surface area contributed by atoms with Crippen LogP contribution in [0.15, 0.2) is 24.4 Å². The van der Waals surface area contributed by atoms with Crippen molar-refractivity contribution in [1.29, 1.82) is 0 Å². The number of hydrogen-bond donors (Lipinski definition) is 2. The van der Waals surface area contributed by atoms with Crippen LogP contribution >= 0.6 is 11.6 Å². The van der Waals surface area contributed by atoms with Gasteiger partial charge in [0.2, 0.25) is 0 Å². The molecule has 2 aromatic rings. The van der Waals surface area contributed by atoms with E-state index < -0.39 is 0 Å². The van der Waals surface area contributed by atoms with E-state index in [4.69, 9.17) is 16.3 Å². The summed E-state index contributed by atoms with van der Waals surface area (Å²) in [4.78, 5) is 3.25. The largest absolute Gasteiger partial charge is 0.378 e. The average Bonchev–Trinajstić information content (AvgIpc) is 2.73. The van der Waals surface area contributed by atoms with Gasteiger partial charge in [-0.2, -0.15) is 0 Å². The van der Waals surface area contributed by atoms with Gasteiger partial charge >= 0.3 is 0 Å². The fourth-order valence-electron chi connectivity index (χ4n) is 2.17. The van der Waals surface area contributed by atoms with E-state index in [1.807, 2.05) is 18.3 Å². The molecule has 1 aromatic heterocycles. The third-order valence-corrected chi connectivity index (χ3v) is 3.21. The highest BCUT2D eigenvalue weighted by Crippen LogP contribution is 2.27. The van der Waals surface area contributed by atoms with Gasteiger partial charge in [-0.05, 0) is 17.7 Å². The second-order valence-electron chi connectivity index (χ2n) is 4.02. The second kappa shape index (κ2) is 4.09. The van der Waals surface area contributed by atoms with E-state index in [1.165, 1.54) is 10.9 Å². The summed E-state index contributed by atoms with van der Waals surface area (Å²) < 4.78 is 5.48. The molecule has 2 heterocycles. The Hall–Kier alpha value is -1.03. The zero-order valence-corrected chi connectivity index (χ0v) is 9.55. The second-order valence-corrected chi connectivity index (χ2v) is 4.45. The molecule has 0 saturated carbocycles. The number of fused-ring (bicyclic) bond motifs is 1. The topological polar surface area (TPSA) is 37.0 Å². The molecule has 16 heavy (non-hydrogen) atoms. The first kappa shape index (κ1) is 10.1. The van der Waals surface area contributed by atoms with Crippen molar-refractivity contribution in [2.75, 3.05) is 19.8 Å². The van der Waals surface area contributed by atoms with Gasteiger partial charge in [-0.15, -0.1) is 0 Å². The summed E-state index contributed by atoms with van der Waals surface area (Å²) in [6.07, 6.45) is 2.04. The molecule has 84 valence electrons. The first-order valence-corrected chi connectivity index (χ1v) is 5.80. The minimum Gasteiger partial charge on any atom is -0.378 e. The monoisotopic (exact) mass is 236 g/mol. The molecule has 1 fully saturated rings. The van der Waals surface area contributed by atoms with Crippen molar-refractivity contribution in [2.45, 2.75) is 6.04 Å². The highest BCUT2D eigenvalue weighted by atomic mass is 35.5. The van der Waals surface area contributed by atoms with Crippen molar-refractivity contribution in [3.63, 3.8) is 0 Å². The van der Waals surface area contributed by atoms with Crippen LogP contribution in [0, 0.1) is 0 Å². The lowest BCUT2D eigenvalue weighted by Gasteiger charge is -2.23. The number of nitrogens with one attached hydrogen (secondary N) is 2.